The van der Waals surface area contributed by atoms with E-state index in [-0.39, 0.29) is 31.2 Å². The molecule has 2 aromatic rings. The number of anilines is 1. The van der Waals surface area contributed by atoms with E-state index in [0.29, 0.717) is 0 Å². The second-order valence-electron chi connectivity index (χ2n) is 3.96. The molecule has 0 fully saturated rings. The summed E-state index contributed by atoms with van der Waals surface area (Å²) in [5.74, 6) is 0. The van der Waals surface area contributed by atoms with Crippen molar-refractivity contribution in [2.24, 2.45) is 0 Å². The summed E-state index contributed by atoms with van der Waals surface area (Å²) >= 11 is 17.7. The van der Waals surface area contributed by atoms with Gasteiger partial charge < -0.3 is 0 Å². The third kappa shape index (κ3) is 3.42. The van der Waals surface area contributed by atoms with Crippen molar-refractivity contribution < 1.29 is 8.42 Å². The van der Waals surface area contributed by atoms with Gasteiger partial charge in [-0.15, -0.1) is 0 Å². The van der Waals surface area contributed by atoms with Gasteiger partial charge in [0.2, 0.25) is 0 Å². The van der Waals surface area contributed by atoms with E-state index in [1.165, 1.54) is 30.3 Å². The minimum atomic E-state index is -3.92. The first-order chi connectivity index (χ1) is 9.85. The largest absolute Gasteiger partial charge is 0.277 e. The van der Waals surface area contributed by atoms with E-state index in [1.54, 1.807) is 6.07 Å². The maximum absolute atomic E-state index is 12.3. The fourth-order valence-corrected chi connectivity index (χ4v) is 3.56. The van der Waals surface area contributed by atoms with E-state index in [4.69, 9.17) is 40.1 Å². The Kier molecular flexibility index (Phi) is 4.64. The number of sulfonamides is 1. The standard InChI is InChI=1S/C13H7Cl3N2O2S/c14-10-2-1-3-11(15)13(10)18-21(19,20)9-5-4-8(7-17)12(16)6-9/h1-6,18H. The van der Waals surface area contributed by atoms with E-state index in [2.05, 4.69) is 4.72 Å². The molecular weight excluding hydrogens is 355 g/mol. The van der Waals surface area contributed by atoms with Crippen LogP contribution in [0, 0.1) is 11.3 Å². The predicted octanol–water partition coefficient (Wildman–Crippen LogP) is 4.32. The fourth-order valence-electron chi connectivity index (χ4n) is 1.54. The summed E-state index contributed by atoms with van der Waals surface area (Å²) in [6.07, 6.45) is 0. The quantitative estimate of drug-likeness (QED) is 0.885. The van der Waals surface area contributed by atoms with Crippen molar-refractivity contribution in [3.8, 4) is 6.07 Å². The molecule has 8 heteroatoms. The van der Waals surface area contributed by atoms with E-state index >= 15 is 0 Å². The van der Waals surface area contributed by atoms with Crippen molar-refractivity contribution in [1.29, 1.82) is 5.26 Å². The van der Waals surface area contributed by atoms with Gasteiger partial charge in [-0.3, -0.25) is 4.72 Å². The van der Waals surface area contributed by atoms with E-state index < -0.39 is 10.0 Å². The molecule has 2 rings (SSSR count). The molecule has 0 amide bonds. The highest BCUT2D eigenvalue weighted by atomic mass is 35.5. The number of nitriles is 1. The Morgan fingerprint density at radius 3 is 2.14 bits per heavy atom. The van der Waals surface area contributed by atoms with E-state index in [9.17, 15) is 8.42 Å². The topological polar surface area (TPSA) is 70.0 Å². The molecule has 0 unspecified atom stereocenters. The van der Waals surface area contributed by atoms with Gasteiger partial charge in [-0.2, -0.15) is 5.26 Å². The fraction of sp³-hybridized carbons (Fsp3) is 0. The number of hydrogen-bond donors (Lipinski definition) is 1. The van der Waals surface area contributed by atoms with Crippen LogP contribution in [0.25, 0.3) is 0 Å². The lowest BCUT2D eigenvalue weighted by Crippen LogP contribution is -2.13. The molecule has 0 saturated heterocycles. The Morgan fingerprint density at radius 1 is 1.00 bits per heavy atom. The van der Waals surface area contributed by atoms with Gasteiger partial charge >= 0.3 is 0 Å². The average molecular weight is 362 g/mol. The Morgan fingerprint density at radius 2 is 1.62 bits per heavy atom. The number of para-hydroxylation sites is 1. The van der Waals surface area contributed by atoms with Gasteiger partial charge in [-0.05, 0) is 30.3 Å². The minimum Gasteiger partial charge on any atom is -0.277 e. The number of rotatable bonds is 3. The highest BCUT2D eigenvalue weighted by Gasteiger charge is 2.18. The molecule has 0 aliphatic heterocycles. The van der Waals surface area contributed by atoms with E-state index in [0.717, 1.165) is 0 Å². The first kappa shape index (κ1) is 15.9. The zero-order chi connectivity index (χ0) is 15.6. The molecular formula is C13H7Cl3N2O2S. The zero-order valence-electron chi connectivity index (χ0n) is 10.3. The van der Waals surface area contributed by atoms with Crippen molar-refractivity contribution in [2.75, 3.05) is 4.72 Å². The Balaban J connectivity index is 2.44. The maximum atomic E-state index is 12.3. The lowest BCUT2D eigenvalue weighted by atomic mass is 10.2. The van der Waals surface area contributed by atoms with Crippen LogP contribution in [0.1, 0.15) is 5.56 Å². The SMILES string of the molecule is N#Cc1ccc(S(=O)(=O)Nc2c(Cl)cccc2Cl)cc1Cl. The van der Waals surface area contributed by atoms with Crippen LogP contribution < -0.4 is 4.72 Å². The monoisotopic (exact) mass is 360 g/mol. The number of nitrogens with one attached hydrogen (secondary N) is 1. The third-order valence-corrected chi connectivity index (χ3v) is 4.86. The molecule has 108 valence electrons. The third-order valence-electron chi connectivity index (χ3n) is 2.57. The lowest BCUT2D eigenvalue weighted by molar-refractivity contribution is 0.601. The van der Waals surface area contributed by atoms with Crippen LogP contribution in [0.4, 0.5) is 5.69 Å². The molecule has 0 saturated carbocycles. The normalized spacial score (nSPS) is 11.0. The molecule has 0 heterocycles. The summed E-state index contributed by atoms with van der Waals surface area (Å²) in [7, 11) is -3.92. The van der Waals surface area contributed by atoms with Crippen LogP contribution in [0.2, 0.25) is 15.1 Å². The first-order valence-electron chi connectivity index (χ1n) is 5.51. The molecule has 2 aromatic carbocycles. The highest BCUT2D eigenvalue weighted by molar-refractivity contribution is 7.92. The Labute approximate surface area is 136 Å². The van der Waals surface area contributed by atoms with Crippen LogP contribution >= 0.6 is 34.8 Å². The summed E-state index contributed by atoms with van der Waals surface area (Å²) < 4.78 is 26.9. The molecule has 0 spiro atoms. The number of hydrogen-bond acceptors (Lipinski definition) is 3. The first-order valence-corrected chi connectivity index (χ1v) is 8.13. The van der Waals surface area contributed by atoms with Gasteiger partial charge in [-0.25, -0.2) is 8.42 Å². The highest BCUT2D eigenvalue weighted by Crippen LogP contribution is 2.32. The molecule has 0 atom stereocenters. The van der Waals surface area contributed by atoms with Gasteiger partial charge in [0.1, 0.15) is 6.07 Å². The second kappa shape index (κ2) is 6.12. The smallest absolute Gasteiger partial charge is 0.262 e. The Hall–Kier alpha value is -1.45. The van der Waals surface area contributed by atoms with Crippen LogP contribution in [0.5, 0.6) is 0 Å². The maximum Gasteiger partial charge on any atom is 0.262 e. The molecule has 0 aliphatic carbocycles. The van der Waals surface area contributed by atoms with Crippen molar-refractivity contribution >= 4 is 50.5 Å². The minimum absolute atomic E-state index is 0.0469. The van der Waals surface area contributed by atoms with Gasteiger partial charge in [0.25, 0.3) is 10.0 Å². The predicted molar refractivity (Wildman–Crippen MR) is 83.4 cm³/mol. The molecule has 1 N–H and O–H groups in total. The number of benzene rings is 2. The average Bonchev–Trinajstić information content (AvgIpc) is 2.43. The van der Waals surface area contributed by atoms with Crippen LogP contribution in [-0.4, -0.2) is 8.42 Å². The molecule has 0 aromatic heterocycles. The van der Waals surface area contributed by atoms with E-state index in [1.807, 2.05) is 6.07 Å². The summed E-state index contributed by atoms with van der Waals surface area (Å²) in [4.78, 5) is -0.0949. The zero-order valence-corrected chi connectivity index (χ0v) is 13.4. The summed E-state index contributed by atoms with van der Waals surface area (Å²) in [5, 5.41) is 9.18. The summed E-state index contributed by atoms with van der Waals surface area (Å²) in [5.41, 5.74) is 0.271. The molecule has 0 aliphatic rings. The van der Waals surface area contributed by atoms with Gasteiger partial charge in [0.05, 0.1) is 31.2 Å². The number of nitrogens with zero attached hydrogens (tertiary/aromatic N) is 1. The van der Waals surface area contributed by atoms with Crippen LogP contribution in [0.15, 0.2) is 41.3 Å². The molecule has 21 heavy (non-hydrogen) atoms. The van der Waals surface area contributed by atoms with Gasteiger partial charge in [0.15, 0.2) is 0 Å². The van der Waals surface area contributed by atoms with Crippen molar-refractivity contribution in [3.05, 3.63) is 57.0 Å². The summed E-state index contributed by atoms with van der Waals surface area (Å²) in [6, 6.07) is 10.3. The van der Waals surface area contributed by atoms with Gasteiger partial charge in [0, 0.05) is 0 Å². The Bertz CT molecular complexity index is 825. The van der Waals surface area contributed by atoms with Crippen LogP contribution in [0.3, 0.4) is 0 Å². The second-order valence-corrected chi connectivity index (χ2v) is 6.86. The molecule has 0 radical (unpaired) electrons. The molecule has 4 nitrogen and oxygen atoms in total. The van der Waals surface area contributed by atoms with Crippen LogP contribution in [-0.2, 0) is 10.0 Å². The van der Waals surface area contributed by atoms with Crippen molar-refractivity contribution in [3.63, 3.8) is 0 Å². The number of halogens is 3. The summed E-state index contributed by atoms with van der Waals surface area (Å²) in [6.45, 7) is 0. The van der Waals surface area contributed by atoms with Gasteiger partial charge in [-0.1, -0.05) is 40.9 Å². The molecule has 0 bridgehead atoms. The van der Waals surface area contributed by atoms with Crippen molar-refractivity contribution in [2.45, 2.75) is 4.90 Å². The lowest BCUT2D eigenvalue weighted by Gasteiger charge is -2.11. The van der Waals surface area contributed by atoms with Crippen molar-refractivity contribution in [1.82, 2.24) is 0 Å².